The van der Waals surface area contributed by atoms with E-state index in [4.69, 9.17) is 14.2 Å². The molecular weight excluding hydrogens is 394 g/mol. The van der Waals surface area contributed by atoms with Gasteiger partial charge in [-0.1, -0.05) is 18.2 Å². The van der Waals surface area contributed by atoms with E-state index in [9.17, 15) is 9.59 Å². The highest BCUT2D eigenvalue weighted by Crippen LogP contribution is 2.26. The molecule has 31 heavy (non-hydrogen) atoms. The van der Waals surface area contributed by atoms with Crippen LogP contribution in [0.2, 0.25) is 0 Å². The predicted molar refractivity (Wildman–Crippen MR) is 121 cm³/mol. The predicted octanol–water partition coefficient (Wildman–Crippen LogP) is 4.46. The van der Waals surface area contributed by atoms with Crippen LogP contribution in [0.5, 0.6) is 11.5 Å². The first kappa shape index (κ1) is 22.1. The van der Waals surface area contributed by atoms with Gasteiger partial charge in [-0.15, -0.1) is 0 Å². The Morgan fingerprint density at radius 1 is 0.935 bits per heavy atom. The van der Waals surface area contributed by atoms with Crippen molar-refractivity contribution in [3.63, 3.8) is 0 Å². The zero-order valence-electron chi connectivity index (χ0n) is 17.6. The Kier molecular flexibility index (Phi) is 7.79. The molecule has 1 heterocycles. The molecule has 1 N–H and O–H groups in total. The van der Waals surface area contributed by atoms with E-state index < -0.39 is 0 Å². The van der Waals surface area contributed by atoms with Crippen molar-refractivity contribution in [1.29, 1.82) is 0 Å². The summed E-state index contributed by atoms with van der Waals surface area (Å²) in [5, 5.41) is 1.11. The standard InChI is InChI=1S/C25H25NO5/c1-29-13-14-31-23-10-7-20(25(17-23)30-2)6-9-22(28)16-21(27)8-4-18-3-5-19-11-12-26-24(19)15-18/h3-12,15,17,26H,13-14,16H2,1-2H3. The number of aromatic nitrogens is 1. The summed E-state index contributed by atoms with van der Waals surface area (Å²) in [4.78, 5) is 27.5. The SMILES string of the molecule is COCCOc1ccc(C=CC(=O)CC(=O)C=Cc2ccc3cc[nH]c3c2)c(OC)c1. The average molecular weight is 419 g/mol. The van der Waals surface area contributed by atoms with Gasteiger partial charge in [0.15, 0.2) is 11.6 Å². The summed E-state index contributed by atoms with van der Waals surface area (Å²) in [7, 11) is 3.16. The van der Waals surface area contributed by atoms with Crippen LogP contribution in [0, 0.1) is 0 Å². The van der Waals surface area contributed by atoms with E-state index in [0.717, 1.165) is 22.0 Å². The summed E-state index contributed by atoms with van der Waals surface area (Å²) in [5.74, 6) is 0.687. The van der Waals surface area contributed by atoms with Gasteiger partial charge in [0, 0.05) is 30.5 Å². The minimum Gasteiger partial charge on any atom is -0.496 e. The number of aromatic amines is 1. The largest absolute Gasteiger partial charge is 0.496 e. The number of carbonyl (C=O) groups excluding carboxylic acids is 2. The quantitative estimate of drug-likeness (QED) is 0.282. The molecule has 0 amide bonds. The number of H-pyrrole nitrogens is 1. The molecule has 0 fully saturated rings. The molecular formula is C25H25NO5. The van der Waals surface area contributed by atoms with E-state index in [1.165, 1.54) is 12.2 Å². The van der Waals surface area contributed by atoms with Crippen LogP contribution in [0.4, 0.5) is 0 Å². The van der Waals surface area contributed by atoms with Crippen molar-refractivity contribution in [3.8, 4) is 11.5 Å². The third-order valence-electron chi connectivity index (χ3n) is 4.60. The number of ether oxygens (including phenoxy) is 3. The lowest BCUT2D eigenvalue weighted by Crippen LogP contribution is -2.04. The number of methoxy groups -OCH3 is 2. The van der Waals surface area contributed by atoms with Crippen LogP contribution < -0.4 is 9.47 Å². The maximum Gasteiger partial charge on any atom is 0.163 e. The number of hydrogen-bond acceptors (Lipinski definition) is 5. The van der Waals surface area contributed by atoms with E-state index >= 15 is 0 Å². The van der Waals surface area contributed by atoms with Gasteiger partial charge in [0.05, 0.1) is 20.1 Å². The first-order chi connectivity index (χ1) is 15.1. The molecule has 2 aromatic carbocycles. The fourth-order valence-corrected chi connectivity index (χ4v) is 2.99. The highest BCUT2D eigenvalue weighted by molar-refractivity contribution is 6.11. The van der Waals surface area contributed by atoms with Crippen LogP contribution in [-0.4, -0.2) is 44.0 Å². The summed E-state index contributed by atoms with van der Waals surface area (Å²) in [6, 6.07) is 13.2. The van der Waals surface area contributed by atoms with E-state index in [-0.39, 0.29) is 18.0 Å². The van der Waals surface area contributed by atoms with Gasteiger partial charge in [0.25, 0.3) is 0 Å². The van der Waals surface area contributed by atoms with Crippen molar-refractivity contribution >= 4 is 34.6 Å². The van der Waals surface area contributed by atoms with Gasteiger partial charge < -0.3 is 19.2 Å². The Morgan fingerprint density at radius 3 is 2.52 bits per heavy atom. The Labute approximate surface area is 181 Å². The number of benzene rings is 2. The van der Waals surface area contributed by atoms with Gasteiger partial charge in [-0.05, 0) is 53.4 Å². The topological polar surface area (TPSA) is 77.6 Å². The summed E-state index contributed by atoms with van der Waals surface area (Å²) in [6.07, 6.45) is 7.84. The molecule has 0 spiro atoms. The lowest BCUT2D eigenvalue weighted by atomic mass is 10.1. The summed E-state index contributed by atoms with van der Waals surface area (Å²) < 4.78 is 15.9. The fourth-order valence-electron chi connectivity index (χ4n) is 2.99. The zero-order chi connectivity index (χ0) is 22.1. The van der Waals surface area contributed by atoms with Crippen molar-refractivity contribution in [2.75, 3.05) is 27.4 Å². The van der Waals surface area contributed by atoms with Crippen LogP contribution in [-0.2, 0) is 14.3 Å². The van der Waals surface area contributed by atoms with Gasteiger partial charge in [-0.3, -0.25) is 9.59 Å². The lowest BCUT2D eigenvalue weighted by molar-refractivity contribution is -0.121. The molecule has 160 valence electrons. The van der Waals surface area contributed by atoms with Crippen LogP contribution in [0.1, 0.15) is 17.5 Å². The van der Waals surface area contributed by atoms with Crippen molar-refractivity contribution in [2.45, 2.75) is 6.42 Å². The van der Waals surface area contributed by atoms with Gasteiger partial charge in [-0.2, -0.15) is 0 Å². The van der Waals surface area contributed by atoms with Gasteiger partial charge in [-0.25, -0.2) is 0 Å². The van der Waals surface area contributed by atoms with Crippen molar-refractivity contribution in [1.82, 2.24) is 4.98 Å². The summed E-state index contributed by atoms with van der Waals surface area (Å²) >= 11 is 0. The molecule has 0 radical (unpaired) electrons. The monoisotopic (exact) mass is 419 g/mol. The third kappa shape index (κ3) is 6.42. The van der Waals surface area contributed by atoms with Crippen LogP contribution in [0.3, 0.4) is 0 Å². The number of fused-ring (bicyclic) bond motifs is 1. The number of ketones is 2. The second-order valence-corrected chi connectivity index (χ2v) is 6.85. The second-order valence-electron chi connectivity index (χ2n) is 6.85. The molecule has 0 bridgehead atoms. The van der Waals surface area contributed by atoms with Crippen LogP contribution in [0.15, 0.2) is 60.8 Å². The fraction of sp³-hybridized carbons (Fsp3) is 0.200. The highest BCUT2D eigenvalue weighted by Gasteiger charge is 2.07. The first-order valence-corrected chi connectivity index (χ1v) is 9.88. The molecule has 0 saturated heterocycles. The van der Waals surface area contributed by atoms with Crippen LogP contribution in [0.25, 0.3) is 23.1 Å². The Bertz CT molecular complexity index is 1110. The number of hydrogen-bond donors (Lipinski definition) is 1. The first-order valence-electron chi connectivity index (χ1n) is 9.88. The smallest absolute Gasteiger partial charge is 0.163 e. The molecule has 3 aromatic rings. The van der Waals surface area contributed by atoms with Gasteiger partial charge in [0.1, 0.15) is 18.1 Å². The summed E-state index contributed by atoms with van der Waals surface area (Å²) in [6.45, 7) is 0.920. The highest BCUT2D eigenvalue weighted by atomic mass is 16.5. The molecule has 0 aliphatic heterocycles. The van der Waals surface area contributed by atoms with Crippen molar-refractivity contribution < 1.29 is 23.8 Å². The molecule has 1 aromatic heterocycles. The summed E-state index contributed by atoms with van der Waals surface area (Å²) in [5.41, 5.74) is 2.61. The molecule has 0 unspecified atom stereocenters. The molecule has 6 heteroatoms. The number of carbonyl (C=O) groups is 2. The minimum absolute atomic E-state index is 0.196. The second kappa shape index (κ2) is 10.9. The van der Waals surface area contributed by atoms with Gasteiger partial charge in [0.2, 0.25) is 0 Å². The Balaban J connectivity index is 1.57. The molecule has 0 aliphatic carbocycles. The van der Waals surface area contributed by atoms with Crippen LogP contribution >= 0.6 is 0 Å². The van der Waals surface area contributed by atoms with E-state index in [1.54, 1.807) is 44.6 Å². The molecule has 3 rings (SSSR count). The Hall–Kier alpha value is -3.64. The molecule has 0 saturated carbocycles. The van der Waals surface area contributed by atoms with Crippen molar-refractivity contribution in [3.05, 3.63) is 71.9 Å². The number of rotatable bonds is 11. The molecule has 0 aliphatic rings. The third-order valence-corrected chi connectivity index (χ3v) is 4.60. The maximum absolute atomic E-state index is 12.2. The Morgan fingerprint density at radius 2 is 1.74 bits per heavy atom. The lowest BCUT2D eigenvalue weighted by Gasteiger charge is -2.09. The normalized spacial score (nSPS) is 11.4. The molecule has 6 nitrogen and oxygen atoms in total. The molecule has 0 atom stereocenters. The average Bonchev–Trinajstić information content (AvgIpc) is 3.24. The van der Waals surface area contributed by atoms with E-state index in [1.807, 2.05) is 30.5 Å². The minimum atomic E-state index is -0.281. The number of allylic oxidation sites excluding steroid dienone is 2. The van der Waals surface area contributed by atoms with Crippen molar-refractivity contribution in [2.24, 2.45) is 0 Å². The zero-order valence-corrected chi connectivity index (χ0v) is 17.6. The van der Waals surface area contributed by atoms with E-state index in [2.05, 4.69) is 4.98 Å². The van der Waals surface area contributed by atoms with Gasteiger partial charge >= 0.3 is 0 Å². The van der Waals surface area contributed by atoms with E-state index in [0.29, 0.717) is 24.7 Å². The number of nitrogens with one attached hydrogen (secondary N) is 1. The maximum atomic E-state index is 12.2.